The average molecular weight is 160 g/mol. The third kappa shape index (κ3) is 1.79. The molecule has 0 heterocycles. The lowest BCUT2D eigenvalue weighted by molar-refractivity contribution is 0.194. The van der Waals surface area contributed by atoms with Crippen molar-refractivity contribution in [3.05, 3.63) is 11.9 Å². The molecule has 0 aromatic rings. The molecule has 0 aliphatic heterocycles. The molecule has 1 rings (SSSR count). The second kappa shape index (κ2) is 3.33. The first kappa shape index (κ1) is 8.69. The molecule has 0 N–H and O–H groups in total. The van der Waals surface area contributed by atoms with Crippen molar-refractivity contribution < 1.29 is 8.78 Å². The molecular formula is C9H14F2. The SMILES string of the molecule is CC[C@@H]1C=C(F)C(C)CC1F. The van der Waals surface area contributed by atoms with Gasteiger partial charge in [0, 0.05) is 11.8 Å². The Hall–Kier alpha value is -0.400. The number of halogens is 2. The zero-order valence-electron chi connectivity index (χ0n) is 6.98. The topological polar surface area (TPSA) is 0 Å². The van der Waals surface area contributed by atoms with E-state index in [1.54, 1.807) is 6.92 Å². The summed E-state index contributed by atoms with van der Waals surface area (Å²) >= 11 is 0. The van der Waals surface area contributed by atoms with Gasteiger partial charge in [-0.2, -0.15) is 0 Å². The molecule has 3 atom stereocenters. The molecule has 2 unspecified atom stereocenters. The second-order valence-electron chi connectivity index (χ2n) is 3.28. The summed E-state index contributed by atoms with van der Waals surface area (Å²) in [4.78, 5) is 0. The molecule has 0 saturated carbocycles. The summed E-state index contributed by atoms with van der Waals surface area (Å²) in [7, 11) is 0. The van der Waals surface area contributed by atoms with Crippen molar-refractivity contribution in [3.8, 4) is 0 Å². The summed E-state index contributed by atoms with van der Waals surface area (Å²) in [5.74, 6) is -0.537. The molecule has 1 aliphatic rings. The number of allylic oxidation sites excluding steroid dienone is 2. The van der Waals surface area contributed by atoms with Gasteiger partial charge in [0.1, 0.15) is 6.17 Å². The van der Waals surface area contributed by atoms with Gasteiger partial charge in [0.15, 0.2) is 0 Å². The highest BCUT2D eigenvalue weighted by Gasteiger charge is 2.27. The largest absolute Gasteiger partial charge is 0.247 e. The smallest absolute Gasteiger partial charge is 0.107 e. The predicted octanol–water partition coefficient (Wildman–Crippen LogP) is 3.24. The van der Waals surface area contributed by atoms with Gasteiger partial charge in [-0.05, 0) is 18.9 Å². The third-order valence-electron chi connectivity index (χ3n) is 2.36. The van der Waals surface area contributed by atoms with E-state index in [1.165, 1.54) is 6.08 Å². The van der Waals surface area contributed by atoms with E-state index in [9.17, 15) is 8.78 Å². The Bertz CT molecular complexity index is 163. The summed E-state index contributed by atoms with van der Waals surface area (Å²) in [5.41, 5.74) is 0. The van der Waals surface area contributed by atoms with Crippen molar-refractivity contribution in [3.63, 3.8) is 0 Å². The molecule has 11 heavy (non-hydrogen) atoms. The molecule has 0 aromatic heterocycles. The van der Waals surface area contributed by atoms with Crippen LogP contribution in [0.15, 0.2) is 11.9 Å². The van der Waals surface area contributed by atoms with Crippen LogP contribution in [0.5, 0.6) is 0 Å². The fourth-order valence-corrected chi connectivity index (χ4v) is 1.47. The molecule has 0 amide bonds. The van der Waals surface area contributed by atoms with Gasteiger partial charge >= 0.3 is 0 Å². The third-order valence-corrected chi connectivity index (χ3v) is 2.36. The van der Waals surface area contributed by atoms with Crippen molar-refractivity contribution in [2.75, 3.05) is 0 Å². The molecule has 1 aliphatic carbocycles. The maximum absolute atomic E-state index is 13.1. The van der Waals surface area contributed by atoms with Crippen molar-refractivity contribution in [2.45, 2.75) is 32.9 Å². The van der Waals surface area contributed by atoms with Crippen LogP contribution in [0.2, 0.25) is 0 Å². The minimum atomic E-state index is -0.838. The minimum absolute atomic E-state index is 0.134. The highest BCUT2D eigenvalue weighted by Crippen LogP contribution is 2.32. The molecule has 0 aromatic carbocycles. The molecule has 2 heteroatoms. The van der Waals surface area contributed by atoms with E-state index in [1.807, 2.05) is 6.92 Å². The Kier molecular flexibility index (Phi) is 2.63. The van der Waals surface area contributed by atoms with Crippen LogP contribution in [0.3, 0.4) is 0 Å². The first-order chi connectivity index (χ1) is 5.15. The highest BCUT2D eigenvalue weighted by molar-refractivity contribution is 5.06. The van der Waals surface area contributed by atoms with Crippen molar-refractivity contribution in [2.24, 2.45) is 11.8 Å². The Labute approximate surface area is 66.3 Å². The number of alkyl halides is 1. The average Bonchev–Trinajstić information content (AvgIpc) is 1.97. The molecule has 0 nitrogen and oxygen atoms in total. The summed E-state index contributed by atoms with van der Waals surface area (Å²) in [6.07, 6.45) is 1.65. The van der Waals surface area contributed by atoms with E-state index < -0.39 is 6.17 Å². The van der Waals surface area contributed by atoms with Gasteiger partial charge in [-0.3, -0.25) is 0 Å². The quantitative estimate of drug-likeness (QED) is 0.552. The van der Waals surface area contributed by atoms with Crippen LogP contribution in [0.4, 0.5) is 8.78 Å². The zero-order valence-corrected chi connectivity index (χ0v) is 6.98. The van der Waals surface area contributed by atoms with Crippen molar-refractivity contribution >= 4 is 0 Å². The molecule has 0 saturated heterocycles. The van der Waals surface area contributed by atoms with E-state index in [0.29, 0.717) is 12.8 Å². The normalized spacial score (nSPS) is 38.5. The van der Waals surface area contributed by atoms with Crippen LogP contribution >= 0.6 is 0 Å². The van der Waals surface area contributed by atoms with Crippen LogP contribution in [0.1, 0.15) is 26.7 Å². The van der Waals surface area contributed by atoms with Gasteiger partial charge in [-0.25, -0.2) is 8.78 Å². The molecule has 0 fully saturated rings. The number of hydrogen-bond donors (Lipinski definition) is 0. The molecular weight excluding hydrogens is 146 g/mol. The number of hydrogen-bond acceptors (Lipinski definition) is 0. The van der Waals surface area contributed by atoms with E-state index in [2.05, 4.69) is 0 Å². The lowest BCUT2D eigenvalue weighted by atomic mass is 9.86. The summed E-state index contributed by atoms with van der Waals surface area (Å²) in [6.45, 7) is 3.61. The number of rotatable bonds is 1. The fraction of sp³-hybridized carbons (Fsp3) is 0.778. The second-order valence-corrected chi connectivity index (χ2v) is 3.28. The maximum atomic E-state index is 13.1. The standard InChI is InChI=1S/C9H14F2/c1-3-7-5-8(10)6(2)4-9(7)11/h5-7,9H,3-4H2,1-2H3/t6?,7-,9?/m1/s1. The monoisotopic (exact) mass is 160 g/mol. The molecule has 0 radical (unpaired) electrons. The molecule has 0 spiro atoms. The Morgan fingerprint density at radius 1 is 1.64 bits per heavy atom. The van der Waals surface area contributed by atoms with Crippen LogP contribution in [-0.2, 0) is 0 Å². The Balaban J connectivity index is 2.69. The lowest BCUT2D eigenvalue weighted by Crippen LogP contribution is -2.22. The van der Waals surface area contributed by atoms with Gasteiger partial charge in [0.2, 0.25) is 0 Å². The highest BCUT2D eigenvalue weighted by atomic mass is 19.1. The van der Waals surface area contributed by atoms with Gasteiger partial charge in [-0.15, -0.1) is 0 Å². The van der Waals surface area contributed by atoms with Crippen LogP contribution in [0, 0.1) is 11.8 Å². The van der Waals surface area contributed by atoms with Crippen molar-refractivity contribution in [1.29, 1.82) is 0 Å². The fourth-order valence-electron chi connectivity index (χ4n) is 1.47. The summed E-state index contributed by atoms with van der Waals surface area (Å²) in [5, 5.41) is 0. The van der Waals surface area contributed by atoms with E-state index in [-0.39, 0.29) is 17.7 Å². The summed E-state index contributed by atoms with van der Waals surface area (Å²) < 4.78 is 25.9. The molecule has 64 valence electrons. The summed E-state index contributed by atoms with van der Waals surface area (Å²) in [6, 6.07) is 0. The van der Waals surface area contributed by atoms with Gasteiger partial charge in [-0.1, -0.05) is 13.8 Å². The van der Waals surface area contributed by atoms with Gasteiger partial charge in [0.25, 0.3) is 0 Å². The minimum Gasteiger partial charge on any atom is -0.247 e. The molecule has 0 bridgehead atoms. The lowest BCUT2D eigenvalue weighted by Gasteiger charge is -2.24. The van der Waals surface area contributed by atoms with E-state index in [0.717, 1.165) is 0 Å². The van der Waals surface area contributed by atoms with Crippen LogP contribution in [-0.4, -0.2) is 6.17 Å². The van der Waals surface area contributed by atoms with Gasteiger partial charge < -0.3 is 0 Å². The first-order valence-corrected chi connectivity index (χ1v) is 4.16. The van der Waals surface area contributed by atoms with Gasteiger partial charge in [0.05, 0.1) is 5.83 Å². The zero-order chi connectivity index (χ0) is 8.43. The Morgan fingerprint density at radius 3 is 2.82 bits per heavy atom. The van der Waals surface area contributed by atoms with E-state index in [4.69, 9.17) is 0 Å². The first-order valence-electron chi connectivity index (χ1n) is 4.16. The maximum Gasteiger partial charge on any atom is 0.107 e. The van der Waals surface area contributed by atoms with Crippen LogP contribution in [0.25, 0.3) is 0 Å². The predicted molar refractivity (Wildman–Crippen MR) is 41.6 cm³/mol. The van der Waals surface area contributed by atoms with Crippen LogP contribution < -0.4 is 0 Å². The van der Waals surface area contributed by atoms with Crippen molar-refractivity contribution in [1.82, 2.24) is 0 Å². The van der Waals surface area contributed by atoms with E-state index >= 15 is 0 Å². The Morgan fingerprint density at radius 2 is 2.27 bits per heavy atom.